The highest BCUT2D eigenvalue weighted by Gasteiger charge is 2.29. The average Bonchev–Trinajstić information content (AvgIpc) is 2.24. The van der Waals surface area contributed by atoms with Crippen molar-refractivity contribution in [2.45, 2.75) is 18.6 Å². The fraction of sp³-hybridized carbons (Fsp3) is 0.545. The molecule has 0 saturated heterocycles. The number of pyridine rings is 1. The number of nitrogens with zero attached hydrogens (tertiary/aromatic N) is 2. The summed E-state index contributed by atoms with van der Waals surface area (Å²) in [6, 6.07) is 2.16. The number of hydrogen-bond acceptors (Lipinski definition) is 3. The summed E-state index contributed by atoms with van der Waals surface area (Å²) in [7, 11) is 1.37. The summed E-state index contributed by atoms with van der Waals surface area (Å²) < 4.78 is 48.8. The number of aromatic nitrogens is 1. The predicted octanol–water partition coefficient (Wildman–Crippen LogP) is 2.10. The van der Waals surface area contributed by atoms with E-state index < -0.39 is 24.6 Å². The van der Waals surface area contributed by atoms with Crippen LogP contribution in [0.4, 0.5) is 17.6 Å². The molecular formula is C11H15F4N3. The van der Waals surface area contributed by atoms with Crippen LogP contribution in [0.15, 0.2) is 18.3 Å². The third-order valence-electron chi connectivity index (χ3n) is 2.40. The molecule has 1 rings (SSSR count). The molecule has 1 unspecified atom stereocenters. The van der Waals surface area contributed by atoms with Crippen molar-refractivity contribution in [3.05, 3.63) is 29.8 Å². The molecule has 1 heterocycles. The van der Waals surface area contributed by atoms with Gasteiger partial charge in [-0.05, 0) is 25.6 Å². The SMILES string of the molecule is CN(CCC(N)c1ccc(F)cn1)CC(F)(F)F. The maximum absolute atomic E-state index is 12.6. The summed E-state index contributed by atoms with van der Waals surface area (Å²) >= 11 is 0. The molecule has 0 aliphatic carbocycles. The molecule has 0 aromatic carbocycles. The summed E-state index contributed by atoms with van der Waals surface area (Å²) in [4.78, 5) is 4.93. The molecule has 1 aromatic heterocycles. The van der Waals surface area contributed by atoms with Crippen molar-refractivity contribution in [1.29, 1.82) is 0 Å². The van der Waals surface area contributed by atoms with Gasteiger partial charge in [0.1, 0.15) is 5.82 Å². The Labute approximate surface area is 103 Å². The molecule has 0 aliphatic rings. The number of alkyl halides is 3. The lowest BCUT2D eigenvalue weighted by Gasteiger charge is -2.20. The van der Waals surface area contributed by atoms with Crippen molar-refractivity contribution in [1.82, 2.24) is 9.88 Å². The minimum atomic E-state index is -4.22. The number of hydrogen-bond donors (Lipinski definition) is 1. The highest BCUT2D eigenvalue weighted by Crippen LogP contribution is 2.17. The highest BCUT2D eigenvalue weighted by molar-refractivity contribution is 5.09. The van der Waals surface area contributed by atoms with Crippen LogP contribution in [-0.4, -0.2) is 36.2 Å². The van der Waals surface area contributed by atoms with Gasteiger partial charge >= 0.3 is 6.18 Å². The molecule has 0 saturated carbocycles. The molecule has 0 bridgehead atoms. The Hall–Kier alpha value is -1.21. The van der Waals surface area contributed by atoms with E-state index in [1.165, 1.54) is 19.2 Å². The van der Waals surface area contributed by atoms with Gasteiger partial charge in [0.2, 0.25) is 0 Å². The minimum Gasteiger partial charge on any atom is -0.323 e. The van der Waals surface area contributed by atoms with Crippen LogP contribution in [-0.2, 0) is 0 Å². The third-order valence-corrected chi connectivity index (χ3v) is 2.40. The van der Waals surface area contributed by atoms with Crippen LogP contribution in [0.2, 0.25) is 0 Å². The lowest BCUT2D eigenvalue weighted by atomic mass is 10.1. The zero-order valence-electron chi connectivity index (χ0n) is 9.91. The first-order chi connectivity index (χ1) is 8.28. The first kappa shape index (κ1) is 14.8. The molecule has 0 fully saturated rings. The molecular weight excluding hydrogens is 250 g/mol. The molecule has 102 valence electrons. The Bertz CT molecular complexity index is 364. The second-order valence-electron chi connectivity index (χ2n) is 4.15. The molecule has 2 N–H and O–H groups in total. The molecule has 0 spiro atoms. The smallest absolute Gasteiger partial charge is 0.323 e. The van der Waals surface area contributed by atoms with Crippen LogP contribution < -0.4 is 5.73 Å². The fourth-order valence-electron chi connectivity index (χ4n) is 1.50. The summed E-state index contributed by atoms with van der Waals surface area (Å²) in [5, 5.41) is 0. The van der Waals surface area contributed by atoms with Gasteiger partial charge in [-0.15, -0.1) is 0 Å². The van der Waals surface area contributed by atoms with Crippen LogP contribution in [0.1, 0.15) is 18.2 Å². The van der Waals surface area contributed by atoms with Gasteiger partial charge in [0, 0.05) is 12.6 Å². The van der Waals surface area contributed by atoms with E-state index in [4.69, 9.17) is 5.73 Å². The normalized spacial score (nSPS) is 13.9. The zero-order valence-corrected chi connectivity index (χ0v) is 9.91. The van der Waals surface area contributed by atoms with Crippen molar-refractivity contribution in [3.8, 4) is 0 Å². The number of halogens is 4. The fourth-order valence-corrected chi connectivity index (χ4v) is 1.50. The Morgan fingerprint density at radius 1 is 1.39 bits per heavy atom. The largest absolute Gasteiger partial charge is 0.401 e. The maximum Gasteiger partial charge on any atom is 0.401 e. The van der Waals surface area contributed by atoms with Crippen LogP contribution in [0, 0.1) is 5.82 Å². The van der Waals surface area contributed by atoms with Gasteiger partial charge in [-0.2, -0.15) is 13.2 Å². The van der Waals surface area contributed by atoms with E-state index in [1.54, 1.807) is 0 Å². The lowest BCUT2D eigenvalue weighted by molar-refractivity contribution is -0.143. The summed E-state index contributed by atoms with van der Waals surface area (Å²) in [5.74, 6) is -0.472. The van der Waals surface area contributed by atoms with E-state index in [0.717, 1.165) is 11.1 Å². The second kappa shape index (κ2) is 6.10. The highest BCUT2D eigenvalue weighted by atomic mass is 19.4. The van der Waals surface area contributed by atoms with Crippen LogP contribution in [0.3, 0.4) is 0 Å². The van der Waals surface area contributed by atoms with Gasteiger partial charge in [-0.3, -0.25) is 9.88 Å². The Kier molecular flexibility index (Phi) is 5.03. The number of rotatable bonds is 5. The summed E-state index contributed by atoms with van der Waals surface area (Å²) in [5.41, 5.74) is 6.23. The van der Waals surface area contributed by atoms with Crippen molar-refractivity contribution < 1.29 is 17.6 Å². The van der Waals surface area contributed by atoms with Gasteiger partial charge in [0.15, 0.2) is 0 Å². The number of nitrogens with two attached hydrogens (primary N) is 1. The van der Waals surface area contributed by atoms with Gasteiger partial charge < -0.3 is 5.73 Å². The van der Waals surface area contributed by atoms with Crippen LogP contribution in [0.5, 0.6) is 0 Å². The molecule has 0 radical (unpaired) electrons. The monoisotopic (exact) mass is 265 g/mol. The standard InChI is InChI=1S/C11H15F4N3/c1-18(7-11(13,14)15)5-4-9(16)10-3-2-8(12)6-17-10/h2-3,6,9H,4-5,7,16H2,1H3. The Balaban J connectivity index is 2.41. The molecule has 0 aliphatic heterocycles. The Morgan fingerprint density at radius 2 is 2.06 bits per heavy atom. The van der Waals surface area contributed by atoms with Crippen molar-refractivity contribution in [2.75, 3.05) is 20.1 Å². The summed E-state index contributed by atoms with van der Waals surface area (Å²) in [6.07, 6.45) is -2.85. The maximum atomic E-state index is 12.6. The predicted molar refractivity (Wildman–Crippen MR) is 59.3 cm³/mol. The molecule has 1 atom stereocenters. The lowest BCUT2D eigenvalue weighted by Crippen LogP contribution is -2.33. The molecule has 3 nitrogen and oxygen atoms in total. The van der Waals surface area contributed by atoms with Crippen molar-refractivity contribution in [3.63, 3.8) is 0 Å². The van der Waals surface area contributed by atoms with Crippen LogP contribution in [0.25, 0.3) is 0 Å². The van der Waals surface area contributed by atoms with E-state index in [-0.39, 0.29) is 6.54 Å². The quantitative estimate of drug-likeness (QED) is 0.829. The van der Waals surface area contributed by atoms with Crippen LogP contribution >= 0.6 is 0 Å². The molecule has 18 heavy (non-hydrogen) atoms. The van der Waals surface area contributed by atoms with Gasteiger partial charge in [0.25, 0.3) is 0 Å². The van der Waals surface area contributed by atoms with E-state index in [9.17, 15) is 17.6 Å². The van der Waals surface area contributed by atoms with Gasteiger partial charge in [0.05, 0.1) is 18.4 Å². The first-order valence-electron chi connectivity index (χ1n) is 5.40. The zero-order chi connectivity index (χ0) is 13.8. The topological polar surface area (TPSA) is 42.1 Å². The summed E-state index contributed by atoms with van der Waals surface area (Å²) in [6.45, 7) is -0.781. The second-order valence-corrected chi connectivity index (χ2v) is 4.15. The first-order valence-corrected chi connectivity index (χ1v) is 5.40. The molecule has 7 heteroatoms. The average molecular weight is 265 g/mol. The Morgan fingerprint density at radius 3 is 2.56 bits per heavy atom. The molecule has 1 aromatic rings. The minimum absolute atomic E-state index is 0.194. The molecule has 0 amide bonds. The van der Waals surface area contributed by atoms with E-state index in [2.05, 4.69) is 4.98 Å². The van der Waals surface area contributed by atoms with Gasteiger partial charge in [-0.1, -0.05) is 0 Å². The third kappa shape index (κ3) is 5.42. The van der Waals surface area contributed by atoms with E-state index >= 15 is 0 Å². The van der Waals surface area contributed by atoms with E-state index in [0.29, 0.717) is 12.1 Å². The van der Waals surface area contributed by atoms with E-state index in [1.807, 2.05) is 0 Å². The van der Waals surface area contributed by atoms with Crippen molar-refractivity contribution >= 4 is 0 Å². The van der Waals surface area contributed by atoms with Crippen molar-refractivity contribution in [2.24, 2.45) is 5.73 Å². The van der Waals surface area contributed by atoms with Gasteiger partial charge in [-0.25, -0.2) is 4.39 Å².